The van der Waals surface area contributed by atoms with Crippen molar-refractivity contribution in [2.75, 3.05) is 6.61 Å². The Balaban J connectivity index is 0.000000325. The maximum Gasteiger partial charge on any atom is 0.404 e. The molecule has 0 aliphatic rings. The highest BCUT2D eigenvalue weighted by molar-refractivity contribution is 5.81. The van der Waals surface area contributed by atoms with Crippen molar-refractivity contribution in [1.82, 2.24) is 0 Å². The van der Waals surface area contributed by atoms with Crippen LogP contribution in [0, 0.1) is 10.8 Å². The average Bonchev–Trinajstić information content (AvgIpc) is 2.30. The third-order valence-electron chi connectivity index (χ3n) is 1.56. The lowest BCUT2D eigenvalue weighted by molar-refractivity contribution is 0.163. The predicted molar refractivity (Wildman–Crippen MR) is 63.4 cm³/mol. The number of benzene rings is 1. The van der Waals surface area contributed by atoms with Gasteiger partial charge in [-0.25, -0.2) is 4.79 Å². The smallest absolute Gasteiger partial charge is 0.404 e. The third kappa shape index (κ3) is 6.31. The van der Waals surface area contributed by atoms with E-state index in [1.165, 1.54) is 12.4 Å². The molecule has 0 heterocycles. The van der Waals surface area contributed by atoms with Crippen LogP contribution in [0.25, 0.3) is 0 Å². The fourth-order valence-electron chi connectivity index (χ4n) is 0.831. The van der Waals surface area contributed by atoms with Crippen LogP contribution in [0.4, 0.5) is 4.79 Å². The molecule has 0 radical (unpaired) electrons. The lowest BCUT2D eigenvalue weighted by atomic mass is 10.2. The van der Waals surface area contributed by atoms with E-state index in [0.717, 1.165) is 11.1 Å². The molecule has 0 unspecified atom stereocenters. The van der Waals surface area contributed by atoms with E-state index in [0.29, 0.717) is 6.61 Å². The summed E-state index contributed by atoms with van der Waals surface area (Å²) in [6, 6.07) is 7.25. The second-order valence-corrected chi connectivity index (χ2v) is 2.71. The van der Waals surface area contributed by atoms with E-state index in [1.54, 1.807) is 6.92 Å². The second kappa shape index (κ2) is 8.16. The number of primary amides is 1. The number of hydrogen-bond donors (Lipinski definition) is 3. The van der Waals surface area contributed by atoms with Gasteiger partial charge in [-0.3, -0.25) is 0 Å². The van der Waals surface area contributed by atoms with Crippen LogP contribution in [0.15, 0.2) is 24.3 Å². The van der Waals surface area contributed by atoms with Crippen molar-refractivity contribution in [3.63, 3.8) is 0 Å². The molecule has 0 saturated carbocycles. The molecule has 86 valence electrons. The Morgan fingerprint density at radius 1 is 1.25 bits per heavy atom. The summed E-state index contributed by atoms with van der Waals surface area (Å²) >= 11 is 0. The van der Waals surface area contributed by atoms with Crippen LogP contribution < -0.4 is 5.73 Å². The SMILES string of the molecule is CCOC(N)=O.N=Cc1ccc(C=N)cc1. The number of nitrogens with one attached hydrogen (secondary N) is 2. The molecule has 1 aromatic rings. The first-order chi connectivity index (χ1) is 7.63. The Bertz CT molecular complexity index is 320. The zero-order chi connectivity index (χ0) is 12.4. The lowest BCUT2D eigenvalue weighted by Crippen LogP contribution is -2.11. The number of nitrogens with two attached hydrogens (primary N) is 1. The Morgan fingerprint density at radius 2 is 1.62 bits per heavy atom. The molecule has 1 aromatic carbocycles. The minimum atomic E-state index is -0.711. The van der Waals surface area contributed by atoms with Crippen LogP contribution in [-0.4, -0.2) is 25.1 Å². The fourth-order valence-corrected chi connectivity index (χ4v) is 0.831. The van der Waals surface area contributed by atoms with Gasteiger partial charge in [-0.2, -0.15) is 0 Å². The van der Waals surface area contributed by atoms with Crippen molar-refractivity contribution >= 4 is 18.5 Å². The van der Waals surface area contributed by atoms with Gasteiger partial charge in [0.15, 0.2) is 0 Å². The molecule has 0 saturated heterocycles. The van der Waals surface area contributed by atoms with Crippen molar-refractivity contribution in [3.05, 3.63) is 35.4 Å². The molecule has 0 atom stereocenters. The minimum Gasteiger partial charge on any atom is -0.450 e. The van der Waals surface area contributed by atoms with Crippen LogP contribution in [0.1, 0.15) is 18.1 Å². The molecule has 4 N–H and O–H groups in total. The summed E-state index contributed by atoms with van der Waals surface area (Å²) in [5, 5.41) is 13.8. The van der Waals surface area contributed by atoms with Crippen LogP contribution >= 0.6 is 0 Å². The molecule has 0 bridgehead atoms. The maximum atomic E-state index is 9.60. The molecule has 5 heteroatoms. The zero-order valence-corrected chi connectivity index (χ0v) is 9.07. The van der Waals surface area contributed by atoms with Gasteiger partial charge in [-0.05, 0) is 18.1 Å². The highest BCUT2D eigenvalue weighted by atomic mass is 16.5. The normalized spacial score (nSPS) is 8.31. The molecule has 0 aromatic heterocycles. The lowest BCUT2D eigenvalue weighted by Gasteiger charge is -1.91. The monoisotopic (exact) mass is 221 g/mol. The number of rotatable bonds is 3. The Kier molecular flexibility index (Phi) is 7.06. The van der Waals surface area contributed by atoms with Gasteiger partial charge in [0.1, 0.15) is 0 Å². The van der Waals surface area contributed by atoms with Crippen LogP contribution in [0.5, 0.6) is 0 Å². The highest BCUT2D eigenvalue weighted by Gasteiger charge is 1.86. The first-order valence-corrected chi connectivity index (χ1v) is 4.67. The van der Waals surface area contributed by atoms with Gasteiger partial charge in [0, 0.05) is 12.4 Å². The van der Waals surface area contributed by atoms with Gasteiger partial charge in [-0.15, -0.1) is 0 Å². The first-order valence-electron chi connectivity index (χ1n) is 4.67. The summed E-state index contributed by atoms with van der Waals surface area (Å²) < 4.78 is 4.18. The number of hydrogen-bond acceptors (Lipinski definition) is 4. The number of carbonyl (C=O) groups excluding carboxylic acids is 1. The highest BCUT2D eigenvalue weighted by Crippen LogP contribution is 1.98. The molecule has 1 rings (SSSR count). The number of amides is 1. The summed E-state index contributed by atoms with van der Waals surface area (Å²) in [5.74, 6) is 0. The average molecular weight is 221 g/mol. The largest absolute Gasteiger partial charge is 0.450 e. The van der Waals surface area contributed by atoms with E-state index in [1.807, 2.05) is 24.3 Å². The summed E-state index contributed by atoms with van der Waals surface area (Å²) in [6.45, 7) is 2.06. The molecule has 16 heavy (non-hydrogen) atoms. The Hall–Kier alpha value is -2.17. The van der Waals surface area contributed by atoms with Gasteiger partial charge < -0.3 is 21.3 Å². The Labute approximate surface area is 94.2 Å². The molecule has 0 aliphatic carbocycles. The van der Waals surface area contributed by atoms with Gasteiger partial charge in [0.25, 0.3) is 0 Å². The van der Waals surface area contributed by atoms with Crippen molar-refractivity contribution in [2.45, 2.75) is 6.92 Å². The van der Waals surface area contributed by atoms with Crippen molar-refractivity contribution < 1.29 is 9.53 Å². The van der Waals surface area contributed by atoms with E-state index in [-0.39, 0.29) is 0 Å². The van der Waals surface area contributed by atoms with E-state index in [4.69, 9.17) is 10.8 Å². The summed E-state index contributed by atoms with van der Waals surface area (Å²) in [4.78, 5) is 9.60. The van der Waals surface area contributed by atoms with Crippen LogP contribution in [-0.2, 0) is 4.74 Å². The summed E-state index contributed by atoms with van der Waals surface area (Å²) in [6.07, 6.45) is 1.86. The molecular weight excluding hydrogens is 206 g/mol. The van der Waals surface area contributed by atoms with Gasteiger partial charge in [0.05, 0.1) is 6.61 Å². The second-order valence-electron chi connectivity index (χ2n) is 2.71. The van der Waals surface area contributed by atoms with Crippen LogP contribution in [0.3, 0.4) is 0 Å². The topological polar surface area (TPSA) is 100 Å². The van der Waals surface area contributed by atoms with E-state index >= 15 is 0 Å². The minimum absolute atomic E-state index is 0.356. The summed E-state index contributed by atoms with van der Waals surface area (Å²) in [7, 11) is 0. The molecule has 0 spiro atoms. The van der Waals surface area contributed by atoms with E-state index in [2.05, 4.69) is 10.5 Å². The molecule has 1 amide bonds. The summed E-state index contributed by atoms with van der Waals surface area (Å²) in [5.41, 5.74) is 6.27. The van der Waals surface area contributed by atoms with Gasteiger partial charge in [0.2, 0.25) is 0 Å². The quantitative estimate of drug-likeness (QED) is 0.678. The predicted octanol–water partition coefficient (Wildman–Crippen LogP) is 1.78. The number of ether oxygens (including phenoxy) is 1. The Morgan fingerprint density at radius 3 is 1.75 bits per heavy atom. The standard InChI is InChI=1S/C8H8N2.C3H7NO2/c9-5-7-1-2-8(6-10)4-3-7;1-2-6-3(4)5/h1-6,9-10H;2H2,1H3,(H2,4,5). The van der Waals surface area contributed by atoms with Crippen molar-refractivity contribution in [2.24, 2.45) is 5.73 Å². The van der Waals surface area contributed by atoms with E-state index in [9.17, 15) is 4.79 Å². The van der Waals surface area contributed by atoms with Crippen molar-refractivity contribution in [1.29, 1.82) is 10.8 Å². The number of carbonyl (C=O) groups is 1. The zero-order valence-electron chi connectivity index (χ0n) is 9.07. The fraction of sp³-hybridized carbons (Fsp3) is 0.182. The molecule has 0 aliphatic heterocycles. The van der Waals surface area contributed by atoms with Crippen LogP contribution in [0.2, 0.25) is 0 Å². The van der Waals surface area contributed by atoms with Crippen molar-refractivity contribution in [3.8, 4) is 0 Å². The maximum absolute atomic E-state index is 9.60. The first kappa shape index (κ1) is 13.8. The van der Waals surface area contributed by atoms with Gasteiger partial charge >= 0.3 is 6.09 Å². The molecule has 5 nitrogen and oxygen atoms in total. The van der Waals surface area contributed by atoms with Gasteiger partial charge in [-0.1, -0.05) is 24.3 Å². The molecular formula is C11H15N3O2. The van der Waals surface area contributed by atoms with E-state index < -0.39 is 6.09 Å². The molecule has 0 fully saturated rings. The third-order valence-corrected chi connectivity index (χ3v) is 1.56.